The molecule has 0 radical (unpaired) electrons. The zero-order chi connectivity index (χ0) is 30.2. The molecule has 1 heterocycles. The first-order chi connectivity index (χ1) is 19.9. The van der Waals surface area contributed by atoms with Crippen molar-refractivity contribution >= 4 is 56.1 Å². The molecule has 1 aliphatic rings. The van der Waals surface area contributed by atoms with E-state index in [1.54, 1.807) is 41.9 Å². The van der Waals surface area contributed by atoms with E-state index in [9.17, 15) is 22.8 Å². The molecule has 1 aliphatic carbocycles. The number of ether oxygens (including phenoxy) is 1. The second-order valence-electron chi connectivity index (χ2n) is 10.5. The van der Waals surface area contributed by atoms with Crippen LogP contribution in [0.4, 0.5) is 18.9 Å². The minimum atomic E-state index is -2.74. The van der Waals surface area contributed by atoms with Crippen LogP contribution in [0.3, 0.4) is 0 Å². The van der Waals surface area contributed by atoms with Crippen molar-refractivity contribution < 1.29 is 27.5 Å². The van der Waals surface area contributed by atoms with Crippen molar-refractivity contribution in [2.24, 2.45) is 12.5 Å². The van der Waals surface area contributed by atoms with Crippen LogP contribution in [0.5, 0.6) is 5.75 Å². The number of aromatic nitrogens is 2. The highest BCUT2D eigenvalue weighted by molar-refractivity contribution is 9.10. The van der Waals surface area contributed by atoms with E-state index in [-0.39, 0.29) is 40.6 Å². The van der Waals surface area contributed by atoms with Crippen molar-refractivity contribution in [3.63, 3.8) is 0 Å². The van der Waals surface area contributed by atoms with Gasteiger partial charge >= 0.3 is 0 Å². The Bertz CT molecular complexity index is 1670. The Morgan fingerprint density at radius 2 is 1.86 bits per heavy atom. The fourth-order valence-electron chi connectivity index (χ4n) is 4.50. The van der Waals surface area contributed by atoms with Crippen LogP contribution in [0.2, 0.25) is 5.02 Å². The number of carbonyl (C=O) groups excluding carboxylic acids is 2. The predicted molar refractivity (Wildman–Crippen MR) is 158 cm³/mol. The van der Waals surface area contributed by atoms with Crippen molar-refractivity contribution in [2.45, 2.75) is 39.2 Å². The van der Waals surface area contributed by atoms with Gasteiger partial charge in [0.1, 0.15) is 24.0 Å². The lowest BCUT2D eigenvalue weighted by Gasteiger charge is -2.13. The van der Waals surface area contributed by atoms with Crippen molar-refractivity contribution in [2.75, 3.05) is 11.9 Å². The summed E-state index contributed by atoms with van der Waals surface area (Å²) in [5.41, 5.74) is 2.01. The summed E-state index contributed by atoms with van der Waals surface area (Å²) >= 11 is 9.72. The van der Waals surface area contributed by atoms with Crippen LogP contribution >= 0.6 is 27.5 Å². The average Bonchev–Trinajstić information content (AvgIpc) is 3.63. The van der Waals surface area contributed by atoms with Gasteiger partial charge in [-0.05, 0) is 60.9 Å². The molecule has 1 saturated carbocycles. The molecule has 220 valence electrons. The van der Waals surface area contributed by atoms with Gasteiger partial charge in [-0.15, -0.1) is 0 Å². The number of hydrogen-bond donors (Lipinski definition) is 2. The maximum atomic E-state index is 14.7. The molecule has 0 unspecified atom stereocenters. The Morgan fingerprint density at radius 3 is 2.52 bits per heavy atom. The highest BCUT2D eigenvalue weighted by atomic mass is 79.9. The maximum Gasteiger partial charge on any atom is 0.272 e. The molecule has 0 saturated heterocycles. The number of rotatable bonds is 10. The Morgan fingerprint density at radius 1 is 1.14 bits per heavy atom. The summed E-state index contributed by atoms with van der Waals surface area (Å²) in [5.74, 6) is -0.682. The SMILES string of the molecule is Cn1c(Cc2cc(CNC(=O)C3(C)CC3)c(F)cc2Cl)nc2cc(C(=O)Nc3ccc(Br)cc3)c(OCC(F)F)cc21. The smallest absolute Gasteiger partial charge is 0.272 e. The Balaban J connectivity index is 1.44. The monoisotopic (exact) mass is 662 g/mol. The second kappa shape index (κ2) is 12.0. The van der Waals surface area contributed by atoms with Gasteiger partial charge < -0.3 is 19.9 Å². The zero-order valence-electron chi connectivity index (χ0n) is 22.7. The molecule has 0 spiro atoms. The molecular formula is C30H27BrClF3N4O3. The molecule has 0 aliphatic heterocycles. The van der Waals surface area contributed by atoms with Gasteiger partial charge in [0.15, 0.2) is 0 Å². The highest BCUT2D eigenvalue weighted by Gasteiger charge is 2.44. The van der Waals surface area contributed by atoms with Crippen LogP contribution in [0.25, 0.3) is 11.0 Å². The first kappa shape index (κ1) is 29.9. The summed E-state index contributed by atoms with van der Waals surface area (Å²) in [5, 5.41) is 5.74. The Kier molecular flexibility index (Phi) is 8.52. The maximum absolute atomic E-state index is 14.7. The summed E-state index contributed by atoms with van der Waals surface area (Å²) in [6, 6.07) is 12.7. The van der Waals surface area contributed by atoms with Crippen molar-refractivity contribution in [1.82, 2.24) is 14.9 Å². The first-order valence-corrected chi connectivity index (χ1v) is 14.3. The third-order valence-electron chi connectivity index (χ3n) is 7.34. The number of halogens is 5. The highest BCUT2D eigenvalue weighted by Crippen LogP contribution is 2.45. The number of nitrogens with one attached hydrogen (secondary N) is 2. The summed E-state index contributed by atoms with van der Waals surface area (Å²) in [7, 11) is 1.73. The number of amides is 2. The Hall–Kier alpha value is -3.57. The fourth-order valence-corrected chi connectivity index (χ4v) is 4.98. The zero-order valence-corrected chi connectivity index (χ0v) is 25.1. The molecule has 42 heavy (non-hydrogen) atoms. The predicted octanol–water partition coefficient (Wildman–Crippen LogP) is 7.03. The van der Waals surface area contributed by atoms with E-state index in [2.05, 4.69) is 31.5 Å². The number of hydrogen-bond acceptors (Lipinski definition) is 4. The summed E-state index contributed by atoms with van der Waals surface area (Å²) in [6.45, 7) is 1.00. The first-order valence-electron chi connectivity index (χ1n) is 13.2. The lowest BCUT2D eigenvalue weighted by molar-refractivity contribution is -0.125. The minimum absolute atomic E-state index is 0.0193. The molecule has 0 atom stereocenters. The number of aryl methyl sites for hydroxylation is 1. The molecule has 12 heteroatoms. The Labute approximate surface area is 253 Å². The molecule has 4 aromatic rings. The number of imidazole rings is 1. The van der Waals surface area contributed by atoms with Crippen molar-refractivity contribution in [3.05, 3.63) is 86.4 Å². The molecule has 0 bridgehead atoms. The molecule has 3 aromatic carbocycles. The van der Waals surface area contributed by atoms with Crippen LogP contribution in [0.15, 0.2) is 53.0 Å². The largest absolute Gasteiger partial charge is 0.487 e. The topological polar surface area (TPSA) is 85.2 Å². The second-order valence-corrected chi connectivity index (χ2v) is 11.9. The minimum Gasteiger partial charge on any atom is -0.487 e. The van der Waals surface area contributed by atoms with E-state index in [0.717, 1.165) is 17.3 Å². The molecule has 1 fully saturated rings. The van der Waals surface area contributed by atoms with E-state index < -0.39 is 24.8 Å². The van der Waals surface area contributed by atoms with Crippen molar-refractivity contribution in [3.8, 4) is 5.75 Å². The van der Waals surface area contributed by atoms with E-state index in [4.69, 9.17) is 16.3 Å². The molecule has 2 N–H and O–H groups in total. The van der Waals surface area contributed by atoms with E-state index in [1.807, 2.05) is 6.92 Å². The number of nitrogens with zero attached hydrogens (tertiary/aromatic N) is 2. The summed E-state index contributed by atoms with van der Waals surface area (Å²) in [4.78, 5) is 30.2. The van der Waals surface area contributed by atoms with E-state index >= 15 is 0 Å². The molecule has 1 aromatic heterocycles. The van der Waals surface area contributed by atoms with Gasteiger partial charge in [0, 0.05) is 52.2 Å². The normalized spacial score (nSPS) is 13.8. The van der Waals surface area contributed by atoms with Gasteiger partial charge in [0.25, 0.3) is 12.3 Å². The van der Waals surface area contributed by atoms with Crippen LogP contribution in [-0.2, 0) is 24.8 Å². The summed E-state index contributed by atoms with van der Waals surface area (Å²) < 4.78 is 48.6. The molecule has 5 rings (SSSR count). The fraction of sp³-hybridized carbons (Fsp3) is 0.300. The average molecular weight is 664 g/mol. The number of anilines is 1. The van der Waals surface area contributed by atoms with Gasteiger partial charge in [0.2, 0.25) is 5.91 Å². The third kappa shape index (κ3) is 6.57. The quantitative estimate of drug-likeness (QED) is 0.191. The van der Waals surface area contributed by atoms with Gasteiger partial charge in [-0.25, -0.2) is 18.2 Å². The van der Waals surface area contributed by atoms with E-state index in [1.165, 1.54) is 18.2 Å². The summed E-state index contributed by atoms with van der Waals surface area (Å²) in [6.07, 6.45) is -0.918. The van der Waals surface area contributed by atoms with E-state index in [0.29, 0.717) is 33.7 Å². The van der Waals surface area contributed by atoms with Crippen LogP contribution < -0.4 is 15.4 Å². The molecule has 7 nitrogen and oxygen atoms in total. The number of fused-ring (bicyclic) bond motifs is 1. The van der Waals surface area contributed by atoms with Gasteiger partial charge in [-0.1, -0.05) is 34.5 Å². The van der Waals surface area contributed by atoms with Crippen molar-refractivity contribution in [1.29, 1.82) is 0 Å². The van der Waals surface area contributed by atoms with Crippen LogP contribution in [0.1, 0.15) is 47.1 Å². The van der Waals surface area contributed by atoms with Gasteiger partial charge in [0.05, 0.1) is 16.6 Å². The molecular weight excluding hydrogens is 637 g/mol. The number of carbonyl (C=O) groups is 2. The van der Waals surface area contributed by atoms with Crippen LogP contribution in [-0.4, -0.2) is 34.4 Å². The van der Waals surface area contributed by atoms with Gasteiger partial charge in [-0.2, -0.15) is 0 Å². The molecule has 2 amide bonds. The number of benzene rings is 3. The number of alkyl halides is 2. The van der Waals surface area contributed by atoms with Gasteiger partial charge in [-0.3, -0.25) is 9.59 Å². The standard InChI is InChI=1S/C30H27BrClF3N4O3/c1-30(7-8-30)29(41)36-14-17-9-16(21(32)12-22(17)33)10-27-38-23-11-20(28(40)37-19-5-3-18(31)4-6-19)25(42-15-26(34)35)13-24(23)39(27)2/h3-6,9,11-13,26H,7-8,10,14-15H2,1-2H3,(H,36,41)(H,37,40). The lowest BCUT2D eigenvalue weighted by Crippen LogP contribution is -2.30. The third-order valence-corrected chi connectivity index (χ3v) is 8.22. The van der Waals surface area contributed by atoms with Crippen LogP contribution in [0, 0.1) is 11.2 Å². The lowest BCUT2D eigenvalue weighted by atomic mass is 10.1.